The van der Waals surface area contributed by atoms with E-state index in [9.17, 15) is 4.79 Å². The predicted molar refractivity (Wildman–Crippen MR) is 62.3 cm³/mol. The molecule has 1 atom stereocenters. The van der Waals surface area contributed by atoms with E-state index in [1.807, 2.05) is 19.1 Å². The predicted octanol–water partition coefficient (Wildman–Crippen LogP) is 2.52. The second-order valence-electron chi connectivity index (χ2n) is 3.97. The van der Waals surface area contributed by atoms with Gasteiger partial charge in [-0.15, -0.1) is 0 Å². The van der Waals surface area contributed by atoms with E-state index in [-0.39, 0.29) is 11.8 Å². The molecule has 82 valence electrons. The molecule has 0 bridgehead atoms. The first-order valence-corrected chi connectivity index (χ1v) is 5.45. The highest BCUT2D eigenvalue weighted by Crippen LogP contribution is 2.29. The first-order chi connectivity index (χ1) is 7.61. The number of anilines is 1. The van der Waals surface area contributed by atoms with E-state index in [0.717, 1.165) is 11.3 Å². The molecule has 0 radical (unpaired) electrons. The monoisotopic (exact) mass is 234 g/mol. The minimum absolute atomic E-state index is 0.0111. The smallest absolute Gasteiger partial charge is 0.228 e. The number of nitrogens with zero attached hydrogens (tertiary/aromatic N) is 2. The number of hydrogen-bond acceptors (Lipinski definition) is 2. The van der Waals surface area contributed by atoms with Crippen LogP contribution in [0.2, 0.25) is 5.02 Å². The standard InChI is InChI=1S/C12H11ClN2O/c1-8-4-10(13)2-3-11(8)15-7-9(6-14)5-12(15)16/h2-4,9H,5,7H2,1H3/t9-/m0/s1. The van der Waals surface area contributed by atoms with Gasteiger partial charge in [-0.1, -0.05) is 11.6 Å². The minimum atomic E-state index is -0.192. The van der Waals surface area contributed by atoms with Crippen LogP contribution in [-0.2, 0) is 4.79 Å². The SMILES string of the molecule is Cc1cc(Cl)ccc1N1C[C@H](C#N)CC1=O. The summed E-state index contributed by atoms with van der Waals surface area (Å²) in [6.07, 6.45) is 0.318. The van der Waals surface area contributed by atoms with Crippen LogP contribution in [0.15, 0.2) is 18.2 Å². The Morgan fingerprint density at radius 2 is 2.31 bits per heavy atom. The average Bonchev–Trinajstić information content (AvgIpc) is 2.60. The maximum Gasteiger partial charge on any atom is 0.228 e. The van der Waals surface area contributed by atoms with Crippen LogP contribution >= 0.6 is 11.6 Å². The summed E-state index contributed by atoms with van der Waals surface area (Å²) in [6.45, 7) is 2.39. The number of amides is 1. The lowest BCUT2D eigenvalue weighted by molar-refractivity contribution is -0.117. The lowest BCUT2D eigenvalue weighted by atomic mass is 10.1. The topological polar surface area (TPSA) is 44.1 Å². The molecule has 3 nitrogen and oxygen atoms in total. The number of carbonyl (C=O) groups is 1. The number of carbonyl (C=O) groups excluding carboxylic acids is 1. The van der Waals surface area contributed by atoms with E-state index in [2.05, 4.69) is 6.07 Å². The Bertz CT molecular complexity index is 478. The quantitative estimate of drug-likeness (QED) is 0.750. The third-order valence-electron chi connectivity index (χ3n) is 2.76. The Balaban J connectivity index is 2.32. The van der Waals surface area contributed by atoms with E-state index in [1.54, 1.807) is 11.0 Å². The van der Waals surface area contributed by atoms with Crippen LogP contribution in [0.1, 0.15) is 12.0 Å². The first-order valence-electron chi connectivity index (χ1n) is 5.08. The molecule has 4 heteroatoms. The number of rotatable bonds is 1. The van der Waals surface area contributed by atoms with Gasteiger partial charge in [-0.3, -0.25) is 4.79 Å². The van der Waals surface area contributed by atoms with Crippen LogP contribution in [-0.4, -0.2) is 12.5 Å². The molecule has 1 aliphatic rings. The maximum absolute atomic E-state index is 11.7. The molecule has 16 heavy (non-hydrogen) atoms. The summed E-state index contributed by atoms with van der Waals surface area (Å²) in [5.74, 6) is -0.181. The second kappa shape index (κ2) is 4.15. The Hall–Kier alpha value is -1.53. The van der Waals surface area contributed by atoms with E-state index in [4.69, 9.17) is 16.9 Å². The summed E-state index contributed by atoms with van der Waals surface area (Å²) in [5, 5.41) is 9.47. The van der Waals surface area contributed by atoms with Gasteiger partial charge in [-0.25, -0.2) is 0 Å². The van der Waals surface area contributed by atoms with Crippen LogP contribution in [0.4, 0.5) is 5.69 Å². The number of hydrogen-bond donors (Lipinski definition) is 0. The van der Waals surface area contributed by atoms with Crippen molar-refractivity contribution in [1.29, 1.82) is 5.26 Å². The van der Waals surface area contributed by atoms with E-state index >= 15 is 0 Å². The van der Waals surface area contributed by atoms with Crippen molar-refractivity contribution >= 4 is 23.2 Å². The molecular weight excluding hydrogens is 224 g/mol. The molecule has 0 aliphatic carbocycles. The van der Waals surface area contributed by atoms with Gasteiger partial charge in [0.05, 0.1) is 12.0 Å². The maximum atomic E-state index is 11.7. The molecule has 2 rings (SSSR count). The van der Waals surface area contributed by atoms with Crippen molar-refractivity contribution in [2.75, 3.05) is 11.4 Å². The minimum Gasteiger partial charge on any atom is -0.311 e. The molecule has 0 saturated carbocycles. The summed E-state index contributed by atoms with van der Waals surface area (Å²) in [7, 11) is 0. The molecule has 1 aromatic rings. The lowest BCUT2D eigenvalue weighted by Crippen LogP contribution is -2.25. The highest BCUT2D eigenvalue weighted by molar-refractivity contribution is 6.30. The molecule has 0 N–H and O–H groups in total. The Labute approximate surface area is 99.2 Å². The molecule has 1 amide bonds. The van der Waals surface area contributed by atoms with Crippen molar-refractivity contribution in [3.63, 3.8) is 0 Å². The van der Waals surface area contributed by atoms with Gasteiger partial charge in [0.1, 0.15) is 0 Å². The van der Waals surface area contributed by atoms with E-state index < -0.39 is 0 Å². The van der Waals surface area contributed by atoms with Gasteiger partial charge >= 0.3 is 0 Å². The van der Waals surface area contributed by atoms with Gasteiger partial charge in [0.15, 0.2) is 0 Å². The molecule has 0 unspecified atom stereocenters. The van der Waals surface area contributed by atoms with Gasteiger partial charge < -0.3 is 4.90 Å². The van der Waals surface area contributed by atoms with Crippen LogP contribution in [0.3, 0.4) is 0 Å². The molecule has 1 heterocycles. The fraction of sp³-hybridized carbons (Fsp3) is 0.333. The molecule has 0 spiro atoms. The number of benzene rings is 1. The molecular formula is C12H11ClN2O. The fourth-order valence-corrected chi connectivity index (χ4v) is 2.18. The molecule has 0 aromatic heterocycles. The fourth-order valence-electron chi connectivity index (χ4n) is 1.95. The Morgan fingerprint density at radius 3 is 2.88 bits per heavy atom. The van der Waals surface area contributed by atoms with Crippen molar-refractivity contribution in [3.05, 3.63) is 28.8 Å². The van der Waals surface area contributed by atoms with Crippen molar-refractivity contribution in [1.82, 2.24) is 0 Å². The van der Waals surface area contributed by atoms with Crippen LogP contribution in [0.5, 0.6) is 0 Å². The highest BCUT2D eigenvalue weighted by atomic mass is 35.5. The van der Waals surface area contributed by atoms with Crippen LogP contribution in [0, 0.1) is 24.2 Å². The molecule has 1 saturated heterocycles. The van der Waals surface area contributed by atoms with E-state index in [1.165, 1.54) is 0 Å². The zero-order chi connectivity index (χ0) is 11.7. The largest absolute Gasteiger partial charge is 0.311 e. The lowest BCUT2D eigenvalue weighted by Gasteiger charge is -2.18. The zero-order valence-electron chi connectivity index (χ0n) is 8.90. The highest BCUT2D eigenvalue weighted by Gasteiger charge is 2.31. The summed E-state index contributed by atoms with van der Waals surface area (Å²) in [6, 6.07) is 7.55. The van der Waals surface area contributed by atoms with Gasteiger partial charge in [0.2, 0.25) is 5.91 Å². The normalized spacial score (nSPS) is 19.9. The van der Waals surface area contributed by atoms with Crippen molar-refractivity contribution in [3.8, 4) is 6.07 Å². The van der Waals surface area contributed by atoms with Gasteiger partial charge in [0.25, 0.3) is 0 Å². The Morgan fingerprint density at radius 1 is 1.56 bits per heavy atom. The molecule has 1 fully saturated rings. The number of halogens is 1. The van der Waals surface area contributed by atoms with Crippen LogP contribution < -0.4 is 4.90 Å². The summed E-state index contributed by atoms with van der Waals surface area (Å²) >= 11 is 5.86. The zero-order valence-corrected chi connectivity index (χ0v) is 9.66. The van der Waals surface area contributed by atoms with Crippen molar-refractivity contribution in [2.45, 2.75) is 13.3 Å². The van der Waals surface area contributed by atoms with Crippen LogP contribution in [0.25, 0.3) is 0 Å². The summed E-state index contributed by atoms with van der Waals surface area (Å²) in [5.41, 5.74) is 1.81. The molecule has 1 aliphatic heterocycles. The van der Waals surface area contributed by atoms with Gasteiger partial charge in [-0.2, -0.15) is 5.26 Å². The summed E-state index contributed by atoms with van der Waals surface area (Å²) < 4.78 is 0. The van der Waals surface area contributed by atoms with Crippen molar-refractivity contribution in [2.24, 2.45) is 5.92 Å². The first kappa shape index (κ1) is 11.0. The third-order valence-corrected chi connectivity index (χ3v) is 2.99. The van der Waals surface area contributed by atoms with Crippen molar-refractivity contribution < 1.29 is 4.79 Å². The Kier molecular flexibility index (Phi) is 2.84. The average molecular weight is 235 g/mol. The third kappa shape index (κ3) is 1.89. The van der Waals surface area contributed by atoms with Gasteiger partial charge in [-0.05, 0) is 30.7 Å². The van der Waals surface area contributed by atoms with E-state index in [0.29, 0.717) is 18.0 Å². The number of aryl methyl sites for hydroxylation is 1. The second-order valence-corrected chi connectivity index (χ2v) is 4.40. The molecule has 1 aromatic carbocycles. The van der Waals surface area contributed by atoms with Gasteiger partial charge in [0, 0.05) is 23.7 Å². The summed E-state index contributed by atoms with van der Waals surface area (Å²) in [4.78, 5) is 13.4. The number of nitriles is 1.